The first kappa shape index (κ1) is 11.4. The lowest BCUT2D eigenvalue weighted by atomic mass is 10.3. The van der Waals surface area contributed by atoms with Gasteiger partial charge in [0, 0.05) is 12.6 Å². The second-order valence-corrected chi connectivity index (χ2v) is 1.25. The molecule has 0 aliphatic rings. The summed E-state index contributed by atoms with van der Waals surface area (Å²) in [6.45, 7) is 9.32. The molecule has 0 amide bonds. The van der Waals surface area contributed by atoms with Gasteiger partial charge in [0.25, 0.3) is 0 Å². The average Bonchev–Trinajstić information content (AvgIpc) is 2.05. The SMILES string of the molecule is C=C.C=C(C=O)C(N)=NC. The molecule has 0 aromatic rings. The van der Waals surface area contributed by atoms with Gasteiger partial charge in [0.05, 0.1) is 0 Å². The second-order valence-electron chi connectivity index (χ2n) is 1.25. The molecule has 56 valence electrons. The van der Waals surface area contributed by atoms with Crippen LogP contribution in [0, 0.1) is 0 Å². The molecule has 0 fully saturated rings. The van der Waals surface area contributed by atoms with Crippen LogP contribution in [0.25, 0.3) is 0 Å². The molecule has 0 saturated heterocycles. The molecule has 0 radical (unpaired) electrons. The van der Waals surface area contributed by atoms with E-state index < -0.39 is 0 Å². The average molecular weight is 140 g/mol. The fraction of sp³-hybridized carbons (Fsp3) is 0.143. The van der Waals surface area contributed by atoms with Gasteiger partial charge < -0.3 is 5.73 Å². The number of aliphatic imine (C=N–C) groups is 1. The highest BCUT2D eigenvalue weighted by Gasteiger charge is 1.91. The number of nitrogens with zero attached hydrogens (tertiary/aromatic N) is 1. The van der Waals surface area contributed by atoms with Crippen LogP contribution in [-0.4, -0.2) is 19.2 Å². The number of hydrogen-bond donors (Lipinski definition) is 1. The highest BCUT2D eigenvalue weighted by Crippen LogP contribution is 1.80. The van der Waals surface area contributed by atoms with Crippen molar-refractivity contribution in [1.82, 2.24) is 0 Å². The van der Waals surface area contributed by atoms with Crippen molar-refractivity contribution in [3.05, 3.63) is 25.3 Å². The van der Waals surface area contributed by atoms with Gasteiger partial charge >= 0.3 is 0 Å². The smallest absolute Gasteiger partial charge is 0.153 e. The van der Waals surface area contributed by atoms with E-state index in [2.05, 4.69) is 24.7 Å². The minimum absolute atomic E-state index is 0.194. The van der Waals surface area contributed by atoms with E-state index in [9.17, 15) is 4.79 Å². The number of carbonyl (C=O) groups is 1. The van der Waals surface area contributed by atoms with Crippen LogP contribution in [0.2, 0.25) is 0 Å². The molecule has 0 aliphatic carbocycles. The molecule has 3 heteroatoms. The van der Waals surface area contributed by atoms with Crippen molar-refractivity contribution < 1.29 is 4.79 Å². The summed E-state index contributed by atoms with van der Waals surface area (Å²) in [6.07, 6.45) is 0.572. The highest BCUT2D eigenvalue weighted by molar-refractivity contribution is 6.12. The van der Waals surface area contributed by atoms with E-state index in [4.69, 9.17) is 5.73 Å². The maximum atomic E-state index is 9.84. The van der Waals surface area contributed by atoms with Crippen molar-refractivity contribution in [1.29, 1.82) is 0 Å². The first-order chi connectivity index (χ1) is 4.72. The lowest BCUT2D eigenvalue weighted by Gasteiger charge is -1.90. The zero-order chi connectivity index (χ0) is 8.57. The molecule has 0 spiro atoms. The number of amidine groups is 1. The molecule has 0 heterocycles. The van der Waals surface area contributed by atoms with Crippen molar-refractivity contribution in [2.75, 3.05) is 7.05 Å². The molecule has 0 aromatic heterocycles. The Balaban J connectivity index is 0. The van der Waals surface area contributed by atoms with Crippen molar-refractivity contribution in [2.24, 2.45) is 10.7 Å². The summed E-state index contributed by atoms with van der Waals surface area (Å²) in [4.78, 5) is 13.4. The Morgan fingerprint density at radius 2 is 2.00 bits per heavy atom. The van der Waals surface area contributed by atoms with Crippen molar-refractivity contribution >= 4 is 12.1 Å². The van der Waals surface area contributed by atoms with Crippen LogP contribution >= 0.6 is 0 Å². The van der Waals surface area contributed by atoms with E-state index in [1.807, 2.05) is 0 Å². The summed E-state index contributed by atoms with van der Waals surface area (Å²) in [5.41, 5.74) is 5.38. The van der Waals surface area contributed by atoms with E-state index in [1.165, 1.54) is 7.05 Å². The lowest BCUT2D eigenvalue weighted by molar-refractivity contribution is -0.104. The van der Waals surface area contributed by atoms with Crippen LogP contribution in [0.1, 0.15) is 0 Å². The van der Waals surface area contributed by atoms with Crippen molar-refractivity contribution in [3.63, 3.8) is 0 Å². The van der Waals surface area contributed by atoms with Gasteiger partial charge in [0.2, 0.25) is 0 Å². The summed E-state index contributed by atoms with van der Waals surface area (Å²) < 4.78 is 0. The number of aldehydes is 1. The highest BCUT2D eigenvalue weighted by atomic mass is 16.1. The fourth-order valence-corrected chi connectivity index (χ4v) is 0.204. The Hall–Kier alpha value is -1.38. The van der Waals surface area contributed by atoms with Crippen LogP contribution in [0.4, 0.5) is 0 Å². The molecular formula is C7H12N2O. The van der Waals surface area contributed by atoms with Gasteiger partial charge in [-0.3, -0.25) is 9.79 Å². The molecule has 0 unspecified atom stereocenters. The summed E-state index contributed by atoms with van der Waals surface area (Å²) in [5.74, 6) is 0.194. The fourth-order valence-electron chi connectivity index (χ4n) is 0.204. The predicted octanol–water partition coefficient (Wildman–Crippen LogP) is 0.531. The number of nitrogens with two attached hydrogens (primary N) is 1. The maximum absolute atomic E-state index is 9.84. The quantitative estimate of drug-likeness (QED) is 0.200. The minimum atomic E-state index is 0.194. The normalized spacial score (nSPS) is 9.10. The maximum Gasteiger partial charge on any atom is 0.153 e. The van der Waals surface area contributed by atoms with Crippen molar-refractivity contribution in [3.8, 4) is 0 Å². The zero-order valence-corrected chi connectivity index (χ0v) is 6.13. The van der Waals surface area contributed by atoms with Gasteiger partial charge in [-0.15, -0.1) is 13.2 Å². The van der Waals surface area contributed by atoms with E-state index in [0.717, 1.165) is 0 Å². The third-order valence-corrected chi connectivity index (χ3v) is 0.712. The molecule has 0 bridgehead atoms. The summed E-state index contributed by atoms with van der Waals surface area (Å²) in [7, 11) is 1.50. The third kappa shape index (κ3) is 4.77. The van der Waals surface area contributed by atoms with Crippen LogP contribution in [-0.2, 0) is 4.79 Å². The molecule has 0 aromatic carbocycles. The molecule has 0 saturated carbocycles. The standard InChI is InChI=1S/C5H8N2O.C2H4/c1-4(3-8)5(6)7-2;1-2/h3H,1H2,2H3,(H2,6,7);1-2H2. The minimum Gasteiger partial charge on any atom is -0.383 e. The van der Waals surface area contributed by atoms with Gasteiger partial charge in [0.1, 0.15) is 5.84 Å². The molecule has 0 aliphatic heterocycles. The Morgan fingerprint density at radius 3 is 2.10 bits per heavy atom. The van der Waals surface area contributed by atoms with E-state index in [-0.39, 0.29) is 11.4 Å². The molecule has 10 heavy (non-hydrogen) atoms. The predicted molar refractivity (Wildman–Crippen MR) is 44.0 cm³/mol. The second kappa shape index (κ2) is 7.62. The molecular weight excluding hydrogens is 128 g/mol. The Labute approximate surface area is 61.0 Å². The lowest BCUT2D eigenvalue weighted by Crippen LogP contribution is -2.14. The molecule has 0 atom stereocenters. The van der Waals surface area contributed by atoms with Crippen LogP contribution in [0.3, 0.4) is 0 Å². The number of rotatable bonds is 2. The molecule has 3 nitrogen and oxygen atoms in total. The van der Waals surface area contributed by atoms with Crippen LogP contribution in [0.15, 0.2) is 30.3 Å². The number of carbonyl (C=O) groups excluding carboxylic acids is 1. The van der Waals surface area contributed by atoms with Crippen molar-refractivity contribution in [2.45, 2.75) is 0 Å². The molecule has 0 rings (SSSR count). The Kier molecular flexibility index (Phi) is 8.70. The third-order valence-electron chi connectivity index (χ3n) is 0.712. The monoisotopic (exact) mass is 140 g/mol. The van der Waals surface area contributed by atoms with E-state index in [1.54, 1.807) is 0 Å². The van der Waals surface area contributed by atoms with E-state index >= 15 is 0 Å². The largest absolute Gasteiger partial charge is 0.383 e. The van der Waals surface area contributed by atoms with Gasteiger partial charge in [0.15, 0.2) is 6.29 Å². The van der Waals surface area contributed by atoms with Crippen LogP contribution < -0.4 is 5.73 Å². The summed E-state index contributed by atoms with van der Waals surface area (Å²) in [6, 6.07) is 0. The summed E-state index contributed by atoms with van der Waals surface area (Å²) >= 11 is 0. The summed E-state index contributed by atoms with van der Waals surface area (Å²) in [5, 5.41) is 0. The van der Waals surface area contributed by atoms with Gasteiger partial charge in [-0.2, -0.15) is 0 Å². The van der Waals surface area contributed by atoms with Gasteiger partial charge in [-0.05, 0) is 0 Å². The molecule has 2 N–H and O–H groups in total. The Morgan fingerprint density at radius 1 is 1.60 bits per heavy atom. The topological polar surface area (TPSA) is 55.5 Å². The number of hydrogen-bond acceptors (Lipinski definition) is 2. The van der Waals surface area contributed by atoms with Crippen LogP contribution in [0.5, 0.6) is 0 Å². The van der Waals surface area contributed by atoms with Gasteiger partial charge in [-0.1, -0.05) is 6.58 Å². The first-order valence-electron chi connectivity index (χ1n) is 2.59. The zero-order valence-electron chi connectivity index (χ0n) is 6.13. The van der Waals surface area contributed by atoms with E-state index in [0.29, 0.717) is 6.29 Å². The van der Waals surface area contributed by atoms with Gasteiger partial charge in [-0.25, -0.2) is 0 Å². The first-order valence-corrected chi connectivity index (χ1v) is 2.59. The Bertz CT molecular complexity index is 150.